The van der Waals surface area contributed by atoms with Crippen LogP contribution < -0.4 is 0 Å². The summed E-state index contributed by atoms with van der Waals surface area (Å²) < 4.78 is 0. The zero-order valence-corrected chi connectivity index (χ0v) is 7.27. The van der Waals surface area contributed by atoms with E-state index < -0.39 is 0 Å². The minimum Gasteiger partial charge on any atom is -0.211 e. The largest absolute Gasteiger partial charge is 0.242 e. The second kappa shape index (κ2) is 6.17. The smallest absolute Gasteiger partial charge is 0.211 e. The van der Waals surface area contributed by atoms with Crippen LogP contribution in [0.3, 0.4) is 0 Å². The van der Waals surface area contributed by atoms with Crippen LogP contribution in [-0.4, -0.2) is 18.2 Å². The molecule has 0 saturated heterocycles. The Bertz CT molecular complexity index is 397. The molecule has 0 aromatic carbocycles. The molecule has 0 amide bonds. The average molecular weight is 191 g/mol. The first-order valence-electron chi connectivity index (χ1n) is 3.31. The van der Waals surface area contributed by atoms with Gasteiger partial charge in [-0.15, -0.1) is 9.98 Å². The Hall–Kier alpha value is -2.38. The number of aliphatic imine (C=N–C) groups is 3. The monoisotopic (exact) mass is 191 g/mol. The molecule has 14 heavy (non-hydrogen) atoms. The minimum absolute atomic E-state index is 0.00741. The van der Waals surface area contributed by atoms with Gasteiger partial charge >= 0.3 is 0 Å². The van der Waals surface area contributed by atoms with Gasteiger partial charge in [-0.25, -0.2) is 14.4 Å². The van der Waals surface area contributed by atoms with Crippen LogP contribution in [0.15, 0.2) is 38.6 Å². The van der Waals surface area contributed by atoms with Gasteiger partial charge in [0.2, 0.25) is 18.2 Å². The maximum atomic E-state index is 9.92. The zero-order valence-electron chi connectivity index (χ0n) is 7.27. The summed E-state index contributed by atoms with van der Waals surface area (Å²) in [4.78, 5) is 39.1. The van der Waals surface area contributed by atoms with Crippen molar-refractivity contribution in [1.29, 1.82) is 0 Å². The van der Waals surface area contributed by atoms with Crippen LogP contribution in [0.4, 0.5) is 0 Å². The van der Waals surface area contributed by atoms with Crippen LogP contribution in [0.25, 0.3) is 0 Å². The maximum Gasteiger partial charge on any atom is 0.242 e. The molecule has 70 valence electrons. The molecule has 0 radical (unpaired) electrons. The fourth-order valence-electron chi connectivity index (χ4n) is 0.547. The van der Waals surface area contributed by atoms with Gasteiger partial charge in [0.15, 0.2) is 5.82 Å². The van der Waals surface area contributed by atoms with Crippen molar-refractivity contribution in [3.05, 3.63) is 23.7 Å². The predicted molar refractivity (Wildman–Crippen MR) is 46.2 cm³/mol. The summed E-state index contributed by atoms with van der Waals surface area (Å²) in [5.74, 6) is -0.237. The normalized spacial score (nSPS) is 7.21. The third kappa shape index (κ3) is 3.34. The van der Waals surface area contributed by atoms with Crippen LogP contribution in [0.1, 0.15) is 6.92 Å². The Morgan fingerprint density at radius 1 is 1.00 bits per heavy atom. The third-order valence-electron chi connectivity index (χ3n) is 1.25. The van der Waals surface area contributed by atoms with Crippen LogP contribution in [0, 0.1) is 0 Å². The lowest BCUT2D eigenvalue weighted by Crippen LogP contribution is -1.85. The van der Waals surface area contributed by atoms with Gasteiger partial charge in [-0.1, -0.05) is 6.58 Å². The topological polar surface area (TPSA) is 88.3 Å². The molecule has 0 heterocycles. The fourth-order valence-corrected chi connectivity index (χ4v) is 0.547. The fraction of sp³-hybridized carbons (Fsp3) is 0.125. The molecule has 0 rings (SSSR count). The van der Waals surface area contributed by atoms with E-state index in [2.05, 4.69) is 21.6 Å². The maximum absolute atomic E-state index is 9.92. The highest BCUT2D eigenvalue weighted by Gasteiger charge is 2.03. The third-order valence-corrected chi connectivity index (χ3v) is 1.25. The summed E-state index contributed by atoms with van der Waals surface area (Å²) in [6.45, 7) is 4.79. The summed E-state index contributed by atoms with van der Waals surface area (Å²) in [6, 6.07) is 0. The van der Waals surface area contributed by atoms with Gasteiger partial charge in [-0.3, -0.25) is 0 Å². The van der Waals surface area contributed by atoms with Gasteiger partial charge in [0.05, 0.1) is 5.70 Å². The molecule has 0 aromatic rings. The van der Waals surface area contributed by atoms with E-state index in [-0.39, 0.29) is 17.1 Å². The predicted octanol–water partition coefficient (Wildman–Crippen LogP) is 0.739. The molecule has 0 aliphatic carbocycles. The number of hydrogen-bond acceptors (Lipinski definition) is 6. The van der Waals surface area contributed by atoms with Crippen molar-refractivity contribution in [2.24, 2.45) is 15.0 Å². The quantitative estimate of drug-likeness (QED) is 0.373. The van der Waals surface area contributed by atoms with Crippen molar-refractivity contribution in [2.75, 3.05) is 0 Å². The summed E-state index contributed by atoms with van der Waals surface area (Å²) >= 11 is 0. The van der Waals surface area contributed by atoms with E-state index in [9.17, 15) is 14.4 Å². The Morgan fingerprint density at radius 2 is 1.43 bits per heavy atom. The van der Waals surface area contributed by atoms with Gasteiger partial charge in [-0.2, -0.15) is 4.99 Å². The highest BCUT2D eigenvalue weighted by Crippen LogP contribution is 2.14. The zero-order chi connectivity index (χ0) is 11.0. The van der Waals surface area contributed by atoms with E-state index in [0.717, 1.165) is 0 Å². The molecule has 0 N–H and O–H groups in total. The highest BCUT2D eigenvalue weighted by molar-refractivity contribution is 5.47. The van der Waals surface area contributed by atoms with Crippen LogP contribution >= 0.6 is 0 Å². The van der Waals surface area contributed by atoms with E-state index in [1.165, 1.54) is 25.2 Å². The number of hydrogen-bond donors (Lipinski definition) is 0. The van der Waals surface area contributed by atoms with E-state index in [4.69, 9.17) is 0 Å². The molecule has 6 heteroatoms. The van der Waals surface area contributed by atoms with Crippen molar-refractivity contribution < 1.29 is 14.4 Å². The number of isocyanates is 3. The lowest BCUT2D eigenvalue weighted by molar-refractivity contribution is 0.562. The van der Waals surface area contributed by atoms with Crippen LogP contribution in [0.5, 0.6) is 0 Å². The van der Waals surface area contributed by atoms with E-state index in [0.29, 0.717) is 0 Å². The Labute approximate surface area is 79.1 Å². The Morgan fingerprint density at radius 3 is 1.79 bits per heavy atom. The van der Waals surface area contributed by atoms with Gasteiger partial charge in [0, 0.05) is 5.57 Å². The number of allylic oxidation sites excluding steroid dienone is 1. The van der Waals surface area contributed by atoms with Crippen molar-refractivity contribution in [3.63, 3.8) is 0 Å². The average Bonchev–Trinajstić information content (AvgIpc) is 2.17. The van der Waals surface area contributed by atoms with Crippen LogP contribution in [0.2, 0.25) is 0 Å². The molecule has 0 aromatic heterocycles. The summed E-state index contributed by atoms with van der Waals surface area (Å²) in [5, 5.41) is 0. The molecule has 0 bridgehead atoms. The molecule has 0 aliphatic heterocycles. The minimum atomic E-state index is -0.237. The van der Waals surface area contributed by atoms with Gasteiger partial charge < -0.3 is 0 Å². The lowest BCUT2D eigenvalue weighted by atomic mass is 10.2. The van der Waals surface area contributed by atoms with Crippen molar-refractivity contribution in [3.8, 4) is 0 Å². The molecule has 0 atom stereocenters. The molecule has 0 fully saturated rings. The van der Waals surface area contributed by atoms with Gasteiger partial charge in [-0.05, 0) is 6.92 Å². The molecule has 0 saturated carbocycles. The number of rotatable bonds is 4. The van der Waals surface area contributed by atoms with Crippen molar-refractivity contribution in [1.82, 2.24) is 0 Å². The van der Waals surface area contributed by atoms with Crippen molar-refractivity contribution >= 4 is 18.2 Å². The van der Waals surface area contributed by atoms with Gasteiger partial charge in [0.25, 0.3) is 0 Å². The standard InChI is InChI=1S/C8H5N3O3/c1-6(7(2)9-3-12)8(10-4-13)11-5-14/h2H2,1H3. The first kappa shape index (κ1) is 11.6. The summed E-state index contributed by atoms with van der Waals surface area (Å²) in [5.41, 5.74) is 0.202. The van der Waals surface area contributed by atoms with Gasteiger partial charge in [0.1, 0.15) is 0 Å². The first-order valence-corrected chi connectivity index (χ1v) is 3.31. The number of nitrogens with zero attached hydrogens (tertiary/aromatic N) is 3. The van der Waals surface area contributed by atoms with E-state index in [1.54, 1.807) is 0 Å². The summed E-state index contributed by atoms with van der Waals surface area (Å²) in [7, 11) is 0. The second-order valence-corrected chi connectivity index (χ2v) is 2.00. The molecule has 0 spiro atoms. The lowest BCUT2D eigenvalue weighted by Gasteiger charge is -1.96. The highest BCUT2D eigenvalue weighted by atomic mass is 16.1. The van der Waals surface area contributed by atoms with Crippen LogP contribution in [-0.2, 0) is 14.4 Å². The molecule has 6 nitrogen and oxygen atoms in total. The SMILES string of the molecule is C=C(N=C=O)C(C)=C(N=C=O)N=C=O. The molecular formula is C8H5N3O3. The molecular weight excluding hydrogens is 186 g/mol. The first-order chi connectivity index (χ1) is 6.67. The Kier molecular flexibility index (Phi) is 5.12. The summed E-state index contributed by atoms with van der Waals surface area (Å²) in [6.07, 6.45) is 3.64. The van der Waals surface area contributed by atoms with E-state index in [1.807, 2.05) is 0 Å². The van der Waals surface area contributed by atoms with Crippen molar-refractivity contribution in [2.45, 2.75) is 6.92 Å². The second-order valence-electron chi connectivity index (χ2n) is 2.00. The molecule has 0 aliphatic rings. The Balaban J connectivity index is 5.38. The number of carbonyl (C=O) groups excluding carboxylic acids is 3. The van der Waals surface area contributed by atoms with E-state index >= 15 is 0 Å². The molecule has 0 unspecified atom stereocenters.